The predicted octanol–water partition coefficient (Wildman–Crippen LogP) is 3.91. The zero-order valence-electron chi connectivity index (χ0n) is 12.4. The van der Waals surface area contributed by atoms with Gasteiger partial charge in [-0.05, 0) is 36.4 Å². The molecule has 0 atom stereocenters. The Morgan fingerprint density at radius 1 is 1.26 bits per heavy atom. The number of anilines is 1. The molecule has 0 aliphatic rings. The normalized spacial score (nSPS) is 10.7. The van der Waals surface area contributed by atoms with Gasteiger partial charge in [0.1, 0.15) is 11.4 Å². The third-order valence-corrected chi connectivity index (χ3v) is 3.84. The standard InChI is InChI=1S/C17H15ClN2O3/c1-23-16-8-12(18)3-2-11(16)9-19-13-4-5-14-6-7-15(17(21)22)20(14)10-13/h2-8,10,19H,9H2,1H3,(H,21,22). The molecule has 6 heteroatoms. The first kappa shape index (κ1) is 15.2. The zero-order chi connectivity index (χ0) is 16.4. The Balaban J connectivity index is 1.84. The van der Waals surface area contributed by atoms with Crippen LogP contribution in [-0.2, 0) is 6.54 Å². The number of fused-ring (bicyclic) bond motifs is 1. The summed E-state index contributed by atoms with van der Waals surface area (Å²) >= 11 is 5.95. The van der Waals surface area contributed by atoms with Crippen molar-refractivity contribution in [3.8, 4) is 5.75 Å². The maximum atomic E-state index is 11.2. The fourth-order valence-electron chi connectivity index (χ4n) is 2.44. The van der Waals surface area contributed by atoms with Crippen molar-refractivity contribution >= 4 is 28.8 Å². The Kier molecular flexibility index (Phi) is 4.12. The number of carbonyl (C=O) groups is 1. The van der Waals surface area contributed by atoms with E-state index in [1.165, 1.54) is 0 Å². The fraction of sp³-hybridized carbons (Fsp3) is 0.118. The van der Waals surface area contributed by atoms with Crippen molar-refractivity contribution < 1.29 is 14.6 Å². The first-order chi connectivity index (χ1) is 11.1. The third kappa shape index (κ3) is 3.10. The molecule has 3 aromatic rings. The van der Waals surface area contributed by atoms with Crippen LogP contribution in [0, 0.1) is 0 Å². The number of pyridine rings is 1. The lowest BCUT2D eigenvalue weighted by Crippen LogP contribution is -2.05. The van der Waals surface area contributed by atoms with Crippen molar-refractivity contribution in [2.75, 3.05) is 12.4 Å². The summed E-state index contributed by atoms with van der Waals surface area (Å²) in [4.78, 5) is 11.2. The van der Waals surface area contributed by atoms with Crippen molar-refractivity contribution in [2.45, 2.75) is 6.54 Å². The number of nitrogens with zero attached hydrogens (tertiary/aromatic N) is 1. The molecule has 0 spiro atoms. The average Bonchev–Trinajstić information content (AvgIpc) is 2.96. The van der Waals surface area contributed by atoms with E-state index in [4.69, 9.17) is 16.3 Å². The molecule has 2 heterocycles. The van der Waals surface area contributed by atoms with Crippen LogP contribution in [0.25, 0.3) is 5.52 Å². The smallest absolute Gasteiger partial charge is 0.352 e. The Hall–Kier alpha value is -2.66. The molecule has 0 saturated heterocycles. The quantitative estimate of drug-likeness (QED) is 0.744. The summed E-state index contributed by atoms with van der Waals surface area (Å²) in [5, 5.41) is 13.1. The first-order valence-electron chi connectivity index (χ1n) is 6.99. The number of methoxy groups -OCH3 is 1. The van der Waals surface area contributed by atoms with Crippen LogP contribution in [-0.4, -0.2) is 22.6 Å². The van der Waals surface area contributed by atoms with Crippen LogP contribution in [0.5, 0.6) is 5.75 Å². The highest BCUT2D eigenvalue weighted by atomic mass is 35.5. The summed E-state index contributed by atoms with van der Waals surface area (Å²) in [6.07, 6.45) is 1.77. The van der Waals surface area contributed by atoms with Crippen LogP contribution in [0.1, 0.15) is 16.1 Å². The molecule has 0 unspecified atom stereocenters. The molecule has 2 N–H and O–H groups in total. The summed E-state index contributed by atoms with van der Waals surface area (Å²) in [5.74, 6) is -0.250. The van der Waals surface area contributed by atoms with Crippen molar-refractivity contribution in [2.24, 2.45) is 0 Å². The Morgan fingerprint density at radius 2 is 2.04 bits per heavy atom. The number of aromatic carboxylic acids is 1. The van der Waals surface area contributed by atoms with E-state index in [9.17, 15) is 9.90 Å². The fourth-order valence-corrected chi connectivity index (χ4v) is 2.60. The maximum Gasteiger partial charge on any atom is 0.352 e. The van der Waals surface area contributed by atoms with Gasteiger partial charge in [-0.15, -0.1) is 0 Å². The van der Waals surface area contributed by atoms with E-state index in [-0.39, 0.29) is 5.69 Å². The number of benzene rings is 1. The van der Waals surface area contributed by atoms with Crippen molar-refractivity contribution in [1.29, 1.82) is 0 Å². The number of hydrogen-bond donors (Lipinski definition) is 2. The van der Waals surface area contributed by atoms with E-state index in [1.54, 1.807) is 42.0 Å². The molecule has 0 aliphatic heterocycles. The number of aromatic nitrogens is 1. The van der Waals surface area contributed by atoms with Crippen molar-refractivity contribution in [3.63, 3.8) is 0 Å². The van der Waals surface area contributed by atoms with Crippen LogP contribution in [0.2, 0.25) is 5.02 Å². The van der Waals surface area contributed by atoms with Gasteiger partial charge in [0.2, 0.25) is 0 Å². The van der Waals surface area contributed by atoms with Gasteiger partial charge in [-0.3, -0.25) is 0 Å². The number of rotatable bonds is 5. The molecule has 0 aliphatic carbocycles. The molecule has 118 valence electrons. The number of nitrogens with one attached hydrogen (secondary N) is 1. The lowest BCUT2D eigenvalue weighted by atomic mass is 10.2. The highest BCUT2D eigenvalue weighted by molar-refractivity contribution is 6.30. The number of hydrogen-bond acceptors (Lipinski definition) is 3. The van der Waals surface area contributed by atoms with Crippen LogP contribution >= 0.6 is 11.6 Å². The van der Waals surface area contributed by atoms with Gasteiger partial charge in [0, 0.05) is 28.8 Å². The van der Waals surface area contributed by atoms with E-state index in [1.807, 2.05) is 18.2 Å². The predicted molar refractivity (Wildman–Crippen MR) is 89.7 cm³/mol. The van der Waals surface area contributed by atoms with Crippen LogP contribution in [0.4, 0.5) is 5.69 Å². The van der Waals surface area contributed by atoms with E-state index in [2.05, 4.69) is 5.32 Å². The first-order valence-corrected chi connectivity index (χ1v) is 7.37. The summed E-state index contributed by atoms with van der Waals surface area (Å²) in [6.45, 7) is 0.537. The Labute approximate surface area is 138 Å². The maximum absolute atomic E-state index is 11.2. The monoisotopic (exact) mass is 330 g/mol. The molecule has 0 bridgehead atoms. The summed E-state index contributed by atoms with van der Waals surface area (Å²) in [5.41, 5.74) is 2.83. The second-order valence-electron chi connectivity index (χ2n) is 5.05. The second-order valence-corrected chi connectivity index (χ2v) is 5.48. The van der Waals surface area contributed by atoms with Gasteiger partial charge < -0.3 is 19.6 Å². The van der Waals surface area contributed by atoms with Gasteiger partial charge in [-0.2, -0.15) is 0 Å². The molecular formula is C17H15ClN2O3. The van der Waals surface area contributed by atoms with E-state index in [0.717, 1.165) is 16.8 Å². The van der Waals surface area contributed by atoms with E-state index < -0.39 is 5.97 Å². The minimum absolute atomic E-state index is 0.229. The number of carboxylic acids is 1. The molecule has 0 fully saturated rings. The summed E-state index contributed by atoms with van der Waals surface area (Å²) in [6, 6.07) is 12.6. The molecular weight excluding hydrogens is 316 g/mol. The SMILES string of the molecule is COc1cc(Cl)ccc1CNc1ccc2ccc(C(=O)O)n2c1. The molecule has 23 heavy (non-hydrogen) atoms. The zero-order valence-corrected chi connectivity index (χ0v) is 13.2. The average molecular weight is 331 g/mol. The minimum atomic E-state index is -0.957. The molecule has 1 aromatic carbocycles. The topological polar surface area (TPSA) is 63.0 Å². The lowest BCUT2D eigenvalue weighted by molar-refractivity contribution is 0.0689. The molecule has 5 nitrogen and oxygen atoms in total. The highest BCUT2D eigenvalue weighted by Gasteiger charge is 2.09. The highest BCUT2D eigenvalue weighted by Crippen LogP contribution is 2.24. The van der Waals surface area contributed by atoms with E-state index >= 15 is 0 Å². The molecule has 0 radical (unpaired) electrons. The number of halogens is 1. The summed E-state index contributed by atoms with van der Waals surface area (Å²) < 4.78 is 6.96. The lowest BCUT2D eigenvalue weighted by Gasteiger charge is -2.11. The van der Waals surface area contributed by atoms with Gasteiger partial charge in [0.15, 0.2) is 0 Å². The minimum Gasteiger partial charge on any atom is -0.496 e. The molecule has 0 saturated carbocycles. The largest absolute Gasteiger partial charge is 0.496 e. The van der Waals surface area contributed by atoms with E-state index in [0.29, 0.717) is 17.3 Å². The molecule has 2 aromatic heterocycles. The number of carboxylic acid groups (broad SMARTS) is 1. The van der Waals surface area contributed by atoms with Crippen LogP contribution in [0.3, 0.4) is 0 Å². The third-order valence-electron chi connectivity index (χ3n) is 3.60. The van der Waals surface area contributed by atoms with Crippen LogP contribution in [0.15, 0.2) is 48.7 Å². The summed E-state index contributed by atoms with van der Waals surface area (Å²) in [7, 11) is 1.60. The van der Waals surface area contributed by atoms with Gasteiger partial charge in [0.05, 0.1) is 12.8 Å². The Bertz CT molecular complexity index is 873. The Morgan fingerprint density at radius 3 is 2.78 bits per heavy atom. The van der Waals surface area contributed by atoms with Gasteiger partial charge in [-0.25, -0.2) is 4.79 Å². The second kappa shape index (κ2) is 6.22. The van der Waals surface area contributed by atoms with Crippen LogP contribution < -0.4 is 10.1 Å². The van der Waals surface area contributed by atoms with Crippen molar-refractivity contribution in [3.05, 3.63) is 64.9 Å². The van der Waals surface area contributed by atoms with Gasteiger partial charge in [0.25, 0.3) is 0 Å². The molecule has 0 amide bonds. The van der Waals surface area contributed by atoms with Crippen molar-refractivity contribution in [1.82, 2.24) is 4.40 Å². The van der Waals surface area contributed by atoms with Gasteiger partial charge >= 0.3 is 5.97 Å². The van der Waals surface area contributed by atoms with Gasteiger partial charge in [-0.1, -0.05) is 17.7 Å². The molecule has 3 rings (SSSR count). The number of ether oxygens (including phenoxy) is 1.